The van der Waals surface area contributed by atoms with E-state index in [0.717, 1.165) is 17.5 Å². The van der Waals surface area contributed by atoms with Gasteiger partial charge in [-0.2, -0.15) is 0 Å². The van der Waals surface area contributed by atoms with E-state index in [1.165, 1.54) is 5.56 Å². The van der Waals surface area contributed by atoms with Crippen LogP contribution in [0.2, 0.25) is 0 Å². The Hall–Kier alpha value is -3.01. The number of hydrogen-bond donors (Lipinski definition) is 0. The van der Waals surface area contributed by atoms with E-state index in [9.17, 15) is 4.79 Å². The number of carbonyl (C=O) groups excluding carboxylic acids is 1. The fraction of sp³-hybridized carbons (Fsp3) is 0.190. The van der Waals surface area contributed by atoms with Gasteiger partial charge in [0.1, 0.15) is 5.76 Å². The average molecular weight is 336 g/mol. The number of aryl methyl sites for hydroxylation is 1. The molecule has 0 unspecified atom stereocenters. The Morgan fingerprint density at radius 1 is 1.04 bits per heavy atom. The zero-order chi connectivity index (χ0) is 17.8. The molecular formula is C21H20O4. The largest absolute Gasteiger partial charge is 0.493 e. The van der Waals surface area contributed by atoms with Crippen molar-refractivity contribution >= 4 is 17.8 Å². The maximum atomic E-state index is 12.2. The monoisotopic (exact) mass is 336 g/mol. The van der Waals surface area contributed by atoms with Gasteiger partial charge in [0, 0.05) is 11.1 Å². The molecule has 0 fully saturated rings. The van der Waals surface area contributed by atoms with Crippen LogP contribution in [-0.2, 0) is 16.0 Å². The quantitative estimate of drug-likeness (QED) is 0.605. The molecule has 4 nitrogen and oxygen atoms in total. The summed E-state index contributed by atoms with van der Waals surface area (Å²) in [6, 6.07) is 13.5. The second-order valence-corrected chi connectivity index (χ2v) is 5.63. The summed E-state index contributed by atoms with van der Waals surface area (Å²) in [6.07, 6.45) is 4.47. The van der Waals surface area contributed by atoms with Crippen molar-refractivity contribution in [3.63, 3.8) is 0 Å². The topological polar surface area (TPSA) is 44.8 Å². The normalized spacial score (nSPS) is 15.1. The minimum absolute atomic E-state index is 0.376. The number of hydrogen-bond acceptors (Lipinski definition) is 4. The van der Waals surface area contributed by atoms with Crippen molar-refractivity contribution in [1.82, 2.24) is 0 Å². The van der Waals surface area contributed by atoms with Crippen LogP contribution in [0.4, 0.5) is 0 Å². The van der Waals surface area contributed by atoms with Gasteiger partial charge in [-0.05, 0) is 30.2 Å². The fourth-order valence-electron chi connectivity index (χ4n) is 2.73. The smallest absolute Gasteiger partial charge is 0.343 e. The number of carbonyl (C=O) groups is 1. The lowest BCUT2D eigenvalue weighted by atomic mass is 10.1. The van der Waals surface area contributed by atoms with Crippen LogP contribution >= 0.6 is 0 Å². The average Bonchev–Trinajstić information content (AvgIpc) is 3.02. The van der Waals surface area contributed by atoms with Crippen molar-refractivity contribution in [3.05, 3.63) is 70.8 Å². The van der Waals surface area contributed by atoms with Gasteiger partial charge in [-0.25, -0.2) is 4.79 Å². The van der Waals surface area contributed by atoms with Crippen LogP contribution < -0.4 is 9.47 Å². The Balaban J connectivity index is 1.96. The van der Waals surface area contributed by atoms with E-state index in [1.807, 2.05) is 42.5 Å². The van der Waals surface area contributed by atoms with E-state index in [2.05, 4.69) is 6.92 Å². The second-order valence-electron chi connectivity index (χ2n) is 5.63. The molecular weight excluding hydrogens is 316 g/mol. The number of benzene rings is 2. The molecule has 0 spiro atoms. The Morgan fingerprint density at radius 3 is 2.44 bits per heavy atom. The maximum Gasteiger partial charge on any atom is 0.343 e. The third kappa shape index (κ3) is 3.43. The zero-order valence-electron chi connectivity index (χ0n) is 14.5. The highest BCUT2D eigenvalue weighted by Crippen LogP contribution is 2.34. The molecule has 4 heteroatoms. The number of methoxy groups -OCH3 is 2. The van der Waals surface area contributed by atoms with Crippen LogP contribution in [-0.4, -0.2) is 20.2 Å². The lowest BCUT2D eigenvalue weighted by Crippen LogP contribution is -1.98. The zero-order valence-corrected chi connectivity index (χ0v) is 14.5. The van der Waals surface area contributed by atoms with E-state index in [-0.39, 0.29) is 5.97 Å². The summed E-state index contributed by atoms with van der Waals surface area (Å²) in [5.74, 6) is 1.38. The Morgan fingerprint density at radius 2 is 1.80 bits per heavy atom. The van der Waals surface area contributed by atoms with Gasteiger partial charge >= 0.3 is 5.97 Å². The summed E-state index contributed by atoms with van der Waals surface area (Å²) in [5, 5.41) is 0. The van der Waals surface area contributed by atoms with Crippen molar-refractivity contribution in [1.29, 1.82) is 0 Å². The molecule has 0 saturated carbocycles. The van der Waals surface area contributed by atoms with E-state index in [0.29, 0.717) is 22.8 Å². The van der Waals surface area contributed by atoms with Crippen molar-refractivity contribution in [2.45, 2.75) is 13.3 Å². The van der Waals surface area contributed by atoms with E-state index in [1.54, 1.807) is 26.4 Å². The van der Waals surface area contributed by atoms with Crippen LogP contribution in [0.3, 0.4) is 0 Å². The minimum Gasteiger partial charge on any atom is -0.493 e. The van der Waals surface area contributed by atoms with Crippen LogP contribution in [0.15, 0.2) is 54.1 Å². The van der Waals surface area contributed by atoms with Crippen molar-refractivity contribution in [3.8, 4) is 11.5 Å². The summed E-state index contributed by atoms with van der Waals surface area (Å²) in [4.78, 5) is 12.2. The first-order valence-electron chi connectivity index (χ1n) is 8.12. The molecule has 3 rings (SSSR count). The molecule has 0 bridgehead atoms. The third-order valence-electron chi connectivity index (χ3n) is 4.12. The summed E-state index contributed by atoms with van der Waals surface area (Å²) in [7, 11) is 3.15. The van der Waals surface area contributed by atoms with Gasteiger partial charge in [0.2, 0.25) is 0 Å². The second kappa shape index (κ2) is 7.26. The molecule has 128 valence electrons. The molecule has 0 radical (unpaired) electrons. The lowest BCUT2D eigenvalue weighted by Gasteiger charge is -2.10. The first-order chi connectivity index (χ1) is 12.2. The van der Waals surface area contributed by atoms with Crippen LogP contribution in [0.25, 0.3) is 11.8 Å². The molecule has 1 heterocycles. The van der Waals surface area contributed by atoms with Crippen LogP contribution in [0, 0.1) is 0 Å². The molecule has 0 N–H and O–H groups in total. The molecule has 0 atom stereocenters. The van der Waals surface area contributed by atoms with Crippen LogP contribution in [0.5, 0.6) is 11.5 Å². The van der Waals surface area contributed by atoms with Crippen molar-refractivity contribution < 1.29 is 19.0 Å². The molecule has 0 saturated heterocycles. The highest BCUT2D eigenvalue weighted by Gasteiger charge is 2.22. The molecule has 2 aromatic rings. The molecule has 0 amide bonds. The number of ether oxygens (including phenoxy) is 3. The van der Waals surface area contributed by atoms with E-state index in [4.69, 9.17) is 14.2 Å². The van der Waals surface area contributed by atoms with E-state index < -0.39 is 0 Å². The summed E-state index contributed by atoms with van der Waals surface area (Å²) < 4.78 is 16.1. The highest BCUT2D eigenvalue weighted by atomic mass is 16.5. The first kappa shape index (κ1) is 16.8. The summed E-state index contributed by atoms with van der Waals surface area (Å²) >= 11 is 0. The number of rotatable bonds is 5. The number of esters is 1. The van der Waals surface area contributed by atoms with Crippen molar-refractivity contribution in [2.24, 2.45) is 0 Å². The Labute approximate surface area is 147 Å². The summed E-state index contributed by atoms with van der Waals surface area (Å²) in [6.45, 7) is 2.10. The van der Waals surface area contributed by atoms with Gasteiger partial charge in [-0.15, -0.1) is 0 Å². The van der Waals surface area contributed by atoms with E-state index >= 15 is 0 Å². The van der Waals surface area contributed by atoms with Gasteiger partial charge in [0.05, 0.1) is 19.8 Å². The van der Waals surface area contributed by atoms with Gasteiger partial charge < -0.3 is 14.2 Å². The van der Waals surface area contributed by atoms with Crippen LogP contribution in [0.1, 0.15) is 23.6 Å². The molecule has 0 aliphatic carbocycles. The Kier molecular flexibility index (Phi) is 4.89. The maximum absolute atomic E-state index is 12.2. The fourth-order valence-corrected chi connectivity index (χ4v) is 2.73. The standard InChI is InChI=1S/C21H20O4/c1-4-14-8-10-15(11-9-14)19-13-17(21(22)25-19)12-16-6-5-7-18(23-2)20(16)24-3/h5-13H,4H2,1-3H3/b17-12-. The lowest BCUT2D eigenvalue weighted by molar-refractivity contribution is -0.130. The Bertz CT molecular complexity index is 845. The highest BCUT2D eigenvalue weighted by molar-refractivity contribution is 6.05. The predicted octanol–water partition coefficient (Wildman–Crippen LogP) is 4.25. The predicted molar refractivity (Wildman–Crippen MR) is 97.4 cm³/mol. The minimum atomic E-state index is -0.376. The molecule has 2 aromatic carbocycles. The van der Waals surface area contributed by atoms with Gasteiger partial charge in [0.15, 0.2) is 11.5 Å². The third-order valence-corrected chi connectivity index (χ3v) is 4.12. The molecule has 0 aromatic heterocycles. The van der Waals surface area contributed by atoms with Gasteiger partial charge in [0.25, 0.3) is 0 Å². The number of para-hydroxylation sites is 1. The SMILES string of the molecule is CCc1ccc(C2=C/C(=C/c3cccc(OC)c3OC)C(=O)O2)cc1. The van der Waals surface area contributed by atoms with Gasteiger partial charge in [-0.3, -0.25) is 0 Å². The molecule has 1 aliphatic rings. The van der Waals surface area contributed by atoms with Gasteiger partial charge in [-0.1, -0.05) is 43.3 Å². The molecule has 1 aliphatic heterocycles. The first-order valence-corrected chi connectivity index (χ1v) is 8.12. The van der Waals surface area contributed by atoms with Crippen molar-refractivity contribution in [2.75, 3.05) is 14.2 Å². The number of cyclic esters (lactones) is 1. The molecule has 25 heavy (non-hydrogen) atoms. The summed E-state index contributed by atoms with van der Waals surface area (Å²) in [5.41, 5.74) is 3.35.